The average molecular weight is 484 g/mol. The third-order valence-corrected chi connectivity index (χ3v) is 5.61. The van der Waals surface area contributed by atoms with Crippen LogP contribution in [0, 0.1) is 11.6 Å². The Morgan fingerprint density at radius 1 is 1.12 bits per heavy atom. The number of anilines is 1. The van der Waals surface area contributed by atoms with E-state index in [1.165, 1.54) is 24.3 Å². The van der Waals surface area contributed by atoms with E-state index in [-0.39, 0.29) is 16.4 Å². The van der Waals surface area contributed by atoms with Crippen molar-refractivity contribution in [3.05, 3.63) is 88.8 Å². The smallest absolute Gasteiger partial charge is 0.254 e. The molecule has 0 saturated heterocycles. The minimum Gasteiger partial charge on any atom is -0.394 e. The maximum absolute atomic E-state index is 14.9. The highest BCUT2D eigenvalue weighted by molar-refractivity contribution is 6.30. The van der Waals surface area contributed by atoms with Gasteiger partial charge in [-0.25, -0.2) is 13.8 Å². The Kier molecular flexibility index (Phi) is 6.58. The molecule has 0 saturated carbocycles. The van der Waals surface area contributed by atoms with Gasteiger partial charge in [0.1, 0.15) is 17.5 Å². The van der Waals surface area contributed by atoms with Crippen molar-refractivity contribution in [3.8, 4) is 22.3 Å². The normalized spacial score (nSPS) is 11.9. The lowest BCUT2D eigenvalue weighted by Gasteiger charge is -2.18. The second kappa shape index (κ2) is 9.58. The van der Waals surface area contributed by atoms with Gasteiger partial charge in [0.25, 0.3) is 5.91 Å². The molecular formula is C24H20ClF2N5O2. The van der Waals surface area contributed by atoms with E-state index in [2.05, 4.69) is 15.4 Å². The molecule has 4 aromatic rings. The van der Waals surface area contributed by atoms with Crippen LogP contribution in [-0.2, 0) is 7.05 Å². The summed E-state index contributed by atoms with van der Waals surface area (Å²) in [6.07, 6.45) is 5.10. The van der Waals surface area contributed by atoms with Crippen LogP contribution in [0.2, 0.25) is 5.02 Å². The molecule has 2 heterocycles. The van der Waals surface area contributed by atoms with E-state index in [4.69, 9.17) is 17.3 Å². The average Bonchev–Trinajstić information content (AvgIpc) is 3.25. The lowest BCUT2D eigenvalue weighted by Crippen LogP contribution is -2.31. The van der Waals surface area contributed by atoms with Crippen LogP contribution in [0.5, 0.6) is 0 Å². The summed E-state index contributed by atoms with van der Waals surface area (Å²) in [5, 5.41) is 16.2. The maximum atomic E-state index is 14.9. The third kappa shape index (κ3) is 4.75. The Morgan fingerprint density at radius 3 is 2.56 bits per heavy atom. The van der Waals surface area contributed by atoms with Crippen LogP contribution in [0.1, 0.15) is 22.0 Å². The zero-order chi connectivity index (χ0) is 24.4. The van der Waals surface area contributed by atoms with Gasteiger partial charge in [0, 0.05) is 36.1 Å². The van der Waals surface area contributed by atoms with Crippen molar-refractivity contribution < 1.29 is 18.7 Å². The molecule has 4 N–H and O–H groups in total. The quantitative estimate of drug-likeness (QED) is 0.382. The van der Waals surface area contributed by atoms with Crippen molar-refractivity contribution in [1.29, 1.82) is 0 Å². The molecule has 4 rings (SSSR count). The Hall–Kier alpha value is -3.82. The minimum atomic E-state index is -0.902. The van der Waals surface area contributed by atoms with E-state index in [0.29, 0.717) is 16.7 Å². The van der Waals surface area contributed by atoms with Gasteiger partial charge < -0.3 is 16.2 Å². The van der Waals surface area contributed by atoms with Crippen molar-refractivity contribution in [3.63, 3.8) is 0 Å². The molecule has 7 nitrogen and oxygen atoms in total. The summed E-state index contributed by atoms with van der Waals surface area (Å²) in [5.74, 6) is -1.96. The number of hydrogen-bond donors (Lipinski definition) is 3. The van der Waals surface area contributed by atoms with Crippen LogP contribution in [0.4, 0.5) is 14.6 Å². The molecular weight excluding hydrogens is 464 g/mol. The molecule has 1 amide bonds. The van der Waals surface area contributed by atoms with Gasteiger partial charge in [0.15, 0.2) is 0 Å². The summed E-state index contributed by atoms with van der Waals surface area (Å²) in [5.41, 5.74) is 8.69. The molecule has 1 unspecified atom stereocenters. The first kappa shape index (κ1) is 23.3. The van der Waals surface area contributed by atoms with Crippen LogP contribution < -0.4 is 11.1 Å². The van der Waals surface area contributed by atoms with Gasteiger partial charge in [-0.1, -0.05) is 23.7 Å². The summed E-state index contributed by atoms with van der Waals surface area (Å²) < 4.78 is 30.0. The minimum absolute atomic E-state index is 0.152. The van der Waals surface area contributed by atoms with E-state index in [1.54, 1.807) is 36.3 Å². The predicted molar refractivity (Wildman–Crippen MR) is 125 cm³/mol. The van der Waals surface area contributed by atoms with E-state index in [9.17, 15) is 18.7 Å². The SMILES string of the molecule is Cn1cc(-c2cnc(N)c(-c3ccc(C(=O)NC(CO)c4ccc(F)c(Cl)c4)c(F)c3)c2)cn1. The molecule has 34 heavy (non-hydrogen) atoms. The number of aromatic nitrogens is 3. The molecule has 0 aliphatic rings. The fourth-order valence-electron chi connectivity index (χ4n) is 3.50. The van der Waals surface area contributed by atoms with Gasteiger partial charge in [-0.15, -0.1) is 0 Å². The number of nitrogen functional groups attached to an aromatic ring is 1. The summed E-state index contributed by atoms with van der Waals surface area (Å²) in [7, 11) is 1.79. The lowest BCUT2D eigenvalue weighted by atomic mass is 10.0. The number of carbonyl (C=O) groups excluding carboxylic acids is 1. The Morgan fingerprint density at radius 2 is 1.91 bits per heavy atom. The molecule has 0 bridgehead atoms. The fourth-order valence-corrected chi connectivity index (χ4v) is 3.69. The molecule has 0 aliphatic carbocycles. The number of carbonyl (C=O) groups is 1. The molecule has 2 aromatic carbocycles. The second-order valence-corrected chi connectivity index (χ2v) is 8.04. The number of nitrogens with one attached hydrogen (secondary N) is 1. The highest BCUT2D eigenvalue weighted by Crippen LogP contribution is 2.30. The Balaban J connectivity index is 1.59. The molecule has 1 atom stereocenters. The van der Waals surface area contributed by atoms with Crippen LogP contribution in [0.15, 0.2) is 61.1 Å². The number of nitrogens with zero attached hydrogens (tertiary/aromatic N) is 3. The number of benzene rings is 2. The van der Waals surface area contributed by atoms with Crippen LogP contribution in [-0.4, -0.2) is 32.4 Å². The summed E-state index contributed by atoms with van der Waals surface area (Å²) >= 11 is 5.78. The number of rotatable bonds is 6. The van der Waals surface area contributed by atoms with Crippen molar-refractivity contribution in [1.82, 2.24) is 20.1 Å². The lowest BCUT2D eigenvalue weighted by molar-refractivity contribution is 0.0912. The Bertz CT molecular complexity index is 1380. The van der Waals surface area contributed by atoms with Gasteiger partial charge in [0.05, 0.1) is 29.4 Å². The first-order valence-electron chi connectivity index (χ1n) is 10.2. The first-order chi connectivity index (χ1) is 16.3. The zero-order valence-corrected chi connectivity index (χ0v) is 18.7. The number of pyridine rings is 1. The standard InChI is InChI=1S/C24H20ClF2N5O2/c1-32-11-16(10-30-32)15-6-18(23(28)29-9-15)13-2-4-17(21(27)8-13)24(34)31-22(12-33)14-3-5-20(26)19(25)7-14/h2-11,22,33H,12H2,1H3,(H2,28,29)(H,31,34). The van der Waals surface area contributed by atoms with Gasteiger partial charge in [-0.2, -0.15) is 5.10 Å². The number of nitrogens with two attached hydrogens (primary N) is 1. The second-order valence-electron chi connectivity index (χ2n) is 7.64. The van der Waals surface area contributed by atoms with Gasteiger partial charge in [-0.05, 0) is 41.5 Å². The third-order valence-electron chi connectivity index (χ3n) is 5.32. The van der Waals surface area contributed by atoms with E-state index < -0.39 is 30.2 Å². The number of aliphatic hydroxyl groups excluding tert-OH is 1. The fraction of sp³-hybridized carbons (Fsp3) is 0.125. The van der Waals surface area contributed by atoms with Gasteiger partial charge >= 0.3 is 0 Å². The molecule has 0 radical (unpaired) electrons. The van der Waals surface area contributed by atoms with Crippen LogP contribution in [0.25, 0.3) is 22.3 Å². The molecule has 0 fully saturated rings. The van der Waals surface area contributed by atoms with E-state index >= 15 is 0 Å². The van der Waals surface area contributed by atoms with Crippen molar-refractivity contribution in [2.24, 2.45) is 7.05 Å². The number of aliphatic hydroxyl groups is 1. The maximum Gasteiger partial charge on any atom is 0.254 e. The highest BCUT2D eigenvalue weighted by Gasteiger charge is 2.20. The number of amides is 1. The van der Waals surface area contributed by atoms with Gasteiger partial charge in [-0.3, -0.25) is 9.48 Å². The molecule has 0 aliphatic heterocycles. The molecule has 174 valence electrons. The predicted octanol–water partition coefficient (Wildman–Crippen LogP) is 4.13. The first-order valence-corrected chi connectivity index (χ1v) is 10.6. The summed E-state index contributed by atoms with van der Waals surface area (Å²) in [4.78, 5) is 16.9. The largest absolute Gasteiger partial charge is 0.394 e. The zero-order valence-electron chi connectivity index (χ0n) is 18.0. The van der Waals surface area contributed by atoms with Crippen LogP contribution >= 0.6 is 11.6 Å². The van der Waals surface area contributed by atoms with Crippen molar-refractivity contribution in [2.75, 3.05) is 12.3 Å². The number of aryl methyl sites for hydroxylation is 1. The highest BCUT2D eigenvalue weighted by atomic mass is 35.5. The van der Waals surface area contributed by atoms with Crippen LogP contribution in [0.3, 0.4) is 0 Å². The summed E-state index contributed by atoms with van der Waals surface area (Å²) in [6.45, 7) is -0.489. The summed E-state index contributed by atoms with van der Waals surface area (Å²) in [6, 6.07) is 8.74. The monoisotopic (exact) mass is 483 g/mol. The Labute approximate surface area is 198 Å². The number of halogens is 3. The molecule has 0 spiro atoms. The van der Waals surface area contributed by atoms with Crippen molar-refractivity contribution in [2.45, 2.75) is 6.04 Å². The van der Waals surface area contributed by atoms with E-state index in [0.717, 1.165) is 17.2 Å². The van der Waals surface area contributed by atoms with E-state index in [1.807, 2.05) is 6.20 Å². The topological polar surface area (TPSA) is 106 Å². The number of hydrogen-bond acceptors (Lipinski definition) is 5. The molecule has 2 aromatic heterocycles. The molecule has 10 heteroatoms. The van der Waals surface area contributed by atoms with Crippen molar-refractivity contribution >= 4 is 23.3 Å². The van der Waals surface area contributed by atoms with Gasteiger partial charge in [0.2, 0.25) is 0 Å².